The lowest BCUT2D eigenvalue weighted by Gasteiger charge is -2.09. The molecule has 0 aromatic carbocycles. The molecular formula is C17H15N. The van der Waals surface area contributed by atoms with Crippen molar-refractivity contribution in [2.75, 3.05) is 0 Å². The van der Waals surface area contributed by atoms with E-state index < -0.39 is 0 Å². The lowest BCUT2D eigenvalue weighted by molar-refractivity contribution is 1.01. The van der Waals surface area contributed by atoms with Gasteiger partial charge in [-0.2, -0.15) is 0 Å². The topological polar surface area (TPSA) is 26.0 Å². The van der Waals surface area contributed by atoms with E-state index in [9.17, 15) is 0 Å². The number of fused-ring (bicyclic) bond motifs is 1. The Kier molecular flexibility index (Phi) is 3.00. The predicted octanol–water partition coefficient (Wildman–Crippen LogP) is 3.00. The van der Waals surface area contributed by atoms with Gasteiger partial charge < -0.3 is 5.73 Å². The fourth-order valence-electron chi connectivity index (χ4n) is 2.48. The fourth-order valence-corrected chi connectivity index (χ4v) is 2.48. The van der Waals surface area contributed by atoms with Crippen molar-refractivity contribution in [3.8, 4) is 24.7 Å². The van der Waals surface area contributed by atoms with Gasteiger partial charge in [0.1, 0.15) is 0 Å². The van der Waals surface area contributed by atoms with Crippen LogP contribution in [0, 0.1) is 24.7 Å². The molecule has 0 amide bonds. The van der Waals surface area contributed by atoms with Crippen LogP contribution in [-0.4, -0.2) is 0 Å². The molecule has 88 valence electrons. The molecule has 1 nitrogen and oxygen atoms in total. The first-order valence-electron chi connectivity index (χ1n) is 5.86. The van der Waals surface area contributed by atoms with Crippen molar-refractivity contribution >= 4 is 0 Å². The smallest absolute Gasteiger partial charge is 0.0910 e. The summed E-state index contributed by atoms with van der Waals surface area (Å²) in [5.41, 5.74) is 12.2. The number of rotatable bonds is 0. The first-order chi connectivity index (χ1) is 8.61. The molecule has 0 radical (unpaired) electrons. The molecular weight excluding hydrogens is 218 g/mol. The summed E-state index contributed by atoms with van der Waals surface area (Å²) in [7, 11) is 0. The van der Waals surface area contributed by atoms with E-state index in [4.69, 9.17) is 18.6 Å². The summed E-state index contributed by atoms with van der Waals surface area (Å²) >= 11 is 0. The zero-order valence-electron chi connectivity index (χ0n) is 10.5. The average molecular weight is 233 g/mol. The maximum Gasteiger partial charge on any atom is 0.0910 e. The minimum Gasteiger partial charge on any atom is -0.391 e. The Morgan fingerprint density at radius 1 is 1.17 bits per heavy atom. The molecule has 0 atom stereocenters. The van der Waals surface area contributed by atoms with E-state index in [2.05, 4.69) is 30.6 Å². The second kappa shape index (κ2) is 4.47. The maximum absolute atomic E-state index is 5.92. The van der Waals surface area contributed by atoms with E-state index in [-0.39, 0.29) is 0 Å². The van der Waals surface area contributed by atoms with Crippen LogP contribution in [0.5, 0.6) is 0 Å². The third-order valence-electron chi connectivity index (χ3n) is 3.31. The molecule has 1 saturated carbocycles. The van der Waals surface area contributed by atoms with E-state index in [0.717, 1.165) is 46.3 Å². The summed E-state index contributed by atoms with van der Waals surface area (Å²) in [6, 6.07) is 0. The lowest BCUT2D eigenvalue weighted by Crippen LogP contribution is -2.01. The largest absolute Gasteiger partial charge is 0.391 e. The van der Waals surface area contributed by atoms with Crippen molar-refractivity contribution < 1.29 is 0 Å². The minimum absolute atomic E-state index is 0.430. The second-order valence-electron chi connectivity index (χ2n) is 4.37. The van der Waals surface area contributed by atoms with Crippen molar-refractivity contribution in [2.45, 2.75) is 19.8 Å². The standard InChI is InChI=1S/C17H15N/c1-5-11(3)16-12(4)17(15(18)6-2)14-10-8-7-9-13(14)16/h1-2,9-10H,4,7-8,18H2,3H3/b16-11+,17-15+. The third-order valence-corrected chi connectivity index (χ3v) is 3.31. The first kappa shape index (κ1) is 12.1. The highest BCUT2D eigenvalue weighted by atomic mass is 14.6. The highest BCUT2D eigenvalue weighted by Crippen LogP contribution is 2.47. The van der Waals surface area contributed by atoms with Gasteiger partial charge in [0.15, 0.2) is 0 Å². The molecule has 1 fully saturated rings. The zero-order chi connectivity index (χ0) is 13.3. The molecule has 0 aromatic heterocycles. The Morgan fingerprint density at radius 3 is 2.22 bits per heavy atom. The summed E-state index contributed by atoms with van der Waals surface area (Å²) in [5, 5.41) is 0. The Balaban J connectivity index is 2.78. The van der Waals surface area contributed by atoms with Gasteiger partial charge >= 0.3 is 0 Å². The van der Waals surface area contributed by atoms with Crippen molar-refractivity contribution in [3.63, 3.8) is 0 Å². The lowest BCUT2D eigenvalue weighted by atomic mass is 9.95. The van der Waals surface area contributed by atoms with Crippen LogP contribution in [0.1, 0.15) is 19.8 Å². The van der Waals surface area contributed by atoms with Gasteiger partial charge in [0.05, 0.1) is 5.70 Å². The van der Waals surface area contributed by atoms with Crippen LogP contribution < -0.4 is 5.73 Å². The van der Waals surface area contributed by atoms with E-state index in [1.165, 1.54) is 0 Å². The molecule has 0 heterocycles. The average Bonchev–Trinajstić information content (AvgIpc) is 2.69. The minimum atomic E-state index is 0.430. The molecule has 2 rings (SSSR count). The Bertz CT molecular complexity index is 578. The van der Waals surface area contributed by atoms with Crippen molar-refractivity contribution in [1.82, 2.24) is 0 Å². The summed E-state index contributed by atoms with van der Waals surface area (Å²) in [6.07, 6.45) is 17.3. The van der Waals surface area contributed by atoms with Crippen LogP contribution in [-0.2, 0) is 0 Å². The van der Waals surface area contributed by atoms with Gasteiger partial charge in [-0.15, -0.1) is 12.8 Å². The first-order valence-corrected chi connectivity index (χ1v) is 5.86. The molecule has 0 bridgehead atoms. The van der Waals surface area contributed by atoms with Gasteiger partial charge in [-0.3, -0.25) is 0 Å². The van der Waals surface area contributed by atoms with E-state index in [1.54, 1.807) is 0 Å². The number of allylic oxidation sites excluding steroid dienone is 9. The fraction of sp³-hybridized carbons (Fsp3) is 0.176. The van der Waals surface area contributed by atoms with Crippen LogP contribution in [0.25, 0.3) is 0 Å². The van der Waals surface area contributed by atoms with E-state index in [0.29, 0.717) is 5.70 Å². The number of hydrogen-bond donors (Lipinski definition) is 1. The SMILES string of the molecule is C#C/C(C)=C1\C(=C)/C(=C(\N)C#C)C2=CCCC=C21. The molecule has 0 aromatic rings. The number of nitrogens with two attached hydrogens (primary N) is 1. The van der Waals surface area contributed by atoms with Crippen LogP contribution in [0.2, 0.25) is 0 Å². The summed E-state index contributed by atoms with van der Waals surface area (Å²) in [4.78, 5) is 0. The molecule has 0 aliphatic heterocycles. The molecule has 0 spiro atoms. The monoisotopic (exact) mass is 233 g/mol. The molecule has 2 aliphatic rings. The summed E-state index contributed by atoms with van der Waals surface area (Å²) in [5.74, 6) is 5.19. The van der Waals surface area contributed by atoms with Crippen LogP contribution in [0.3, 0.4) is 0 Å². The van der Waals surface area contributed by atoms with Gasteiger partial charge in [-0.1, -0.05) is 30.6 Å². The van der Waals surface area contributed by atoms with Gasteiger partial charge in [0.2, 0.25) is 0 Å². The Labute approximate surface area is 108 Å². The maximum atomic E-state index is 5.92. The zero-order valence-corrected chi connectivity index (χ0v) is 10.5. The van der Waals surface area contributed by atoms with Crippen molar-refractivity contribution in [3.05, 3.63) is 57.9 Å². The van der Waals surface area contributed by atoms with Gasteiger partial charge in [0, 0.05) is 16.7 Å². The van der Waals surface area contributed by atoms with E-state index >= 15 is 0 Å². The highest BCUT2D eigenvalue weighted by Gasteiger charge is 2.31. The van der Waals surface area contributed by atoms with Crippen molar-refractivity contribution in [2.24, 2.45) is 5.73 Å². The highest BCUT2D eigenvalue weighted by molar-refractivity contribution is 5.81. The normalized spacial score (nSPS) is 23.4. The van der Waals surface area contributed by atoms with Crippen LogP contribution >= 0.6 is 0 Å². The predicted molar refractivity (Wildman–Crippen MR) is 76.1 cm³/mol. The van der Waals surface area contributed by atoms with Gasteiger partial charge in [-0.05, 0) is 36.5 Å². The Morgan fingerprint density at radius 2 is 1.72 bits per heavy atom. The molecule has 18 heavy (non-hydrogen) atoms. The Hall–Kier alpha value is -2.38. The van der Waals surface area contributed by atoms with Crippen LogP contribution in [0.4, 0.5) is 0 Å². The quantitative estimate of drug-likeness (QED) is 0.639. The molecule has 2 N–H and O–H groups in total. The molecule has 0 unspecified atom stereocenters. The third kappa shape index (κ3) is 1.62. The molecule has 0 saturated heterocycles. The molecule has 2 aliphatic carbocycles. The molecule has 1 heteroatoms. The number of hydrogen-bond acceptors (Lipinski definition) is 1. The van der Waals surface area contributed by atoms with E-state index in [1.807, 2.05) is 6.92 Å². The van der Waals surface area contributed by atoms with Gasteiger partial charge in [-0.25, -0.2) is 0 Å². The number of terminal acetylenes is 2. The van der Waals surface area contributed by atoms with Crippen molar-refractivity contribution in [1.29, 1.82) is 0 Å². The summed E-state index contributed by atoms with van der Waals surface area (Å²) < 4.78 is 0. The van der Waals surface area contributed by atoms with Crippen LogP contribution in [0.15, 0.2) is 57.9 Å². The second-order valence-corrected chi connectivity index (χ2v) is 4.37. The summed E-state index contributed by atoms with van der Waals surface area (Å²) in [6.45, 7) is 6.03. The van der Waals surface area contributed by atoms with Gasteiger partial charge in [0.25, 0.3) is 0 Å².